The molecule has 0 aromatic heterocycles. The second-order valence-electron chi connectivity index (χ2n) is 6.25. The van der Waals surface area contributed by atoms with E-state index in [9.17, 15) is 18.0 Å². The van der Waals surface area contributed by atoms with E-state index < -0.39 is 11.7 Å². The van der Waals surface area contributed by atoms with Gasteiger partial charge in [-0.15, -0.1) is 0 Å². The Balaban J connectivity index is 1.51. The standard InChI is InChI=1S/C17H18F3NO/c1-2-13(22)7-14-15-9-21(10-16(14)15)8-11-3-5-12(6-4-11)17(18,19)20/h2-6,14-16H,1,7-10H2. The number of likely N-dealkylation sites (tertiary alicyclic amines) is 1. The van der Waals surface area contributed by atoms with Crippen LogP contribution in [0.3, 0.4) is 0 Å². The van der Waals surface area contributed by atoms with Gasteiger partial charge in [0, 0.05) is 26.1 Å². The van der Waals surface area contributed by atoms with Crippen LogP contribution in [0.25, 0.3) is 0 Å². The van der Waals surface area contributed by atoms with Crippen LogP contribution in [0.5, 0.6) is 0 Å². The zero-order chi connectivity index (χ0) is 15.9. The van der Waals surface area contributed by atoms with Gasteiger partial charge in [0.25, 0.3) is 0 Å². The van der Waals surface area contributed by atoms with Gasteiger partial charge in [-0.25, -0.2) is 0 Å². The smallest absolute Gasteiger partial charge is 0.298 e. The van der Waals surface area contributed by atoms with Gasteiger partial charge in [0.1, 0.15) is 0 Å². The predicted octanol–water partition coefficient (Wildman–Crippen LogP) is 3.53. The summed E-state index contributed by atoms with van der Waals surface area (Å²) in [5.74, 6) is 1.72. The van der Waals surface area contributed by atoms with Crippen molar-refractivity contribution in [3.8, 4) is 0 Å². The zero-order valence-corrected chi connectivity index (χ0v) is 12.1. The van der Waals surface area contributed by atoms with E-state index >= 15 is 0 Å². The number of carbonyl (C=O) groups excluding carboxylic acids is 1. The summed E-state index contributed by atoms with van der Waals surface area (Å²) in [6.07, 6.45) is -2.31. The largest absolute Gasteiger partial charge is 0.416 e. The molecule has 2 atom stereocenters. The van der Waals surface area contributed by atoms with Crippen LogP contribution >= 0.6 is 0 Å². The summed E-state index contributed by atoms with van der Waals surface area (Å²) < 4.78 is 37.5. The number of ketones is 1. The first-order chi connectivity index (χ1) is 10.4. The first-order valence-electron chi connectivity index (χ1n) is 7.42. The molecule has 2 fully saturated rings. The van der Waals surface area contributed by atoms with Crippen LogP contribution < -0.4 is 0 Å². The number of nitrogens with zero attached hydrogens (tertiary/aromatic N) is 1. The fraction of sp³-hybridized carbons (Fsp3) is 0.471. The van der Waals surface area contributed by atoms with Crippen LogP contribution in [-0.4, -0.2) is 23.8 Å². The molecule has 1 saturated carbocycles. The number of benzene rings is 1. The highest BCUT2D eigenvalue weighted by molar-refractivity contribution is 5.89. The second-order valence-corrected chi connectivity index (χ2v) is 6.25. The summed E-state index contributed by atoms with van der Waals surface area (Å²) in [5.41, 5.74) is 0.288. The average Bonchev–Trinajstić information content (AvgIpc) is 2.92. The molecule has 0 bridgehead atoms. The Kier molecular flexibility index (Phi) is 3.85. The topological polar surface area (TPSA) is 20.3 Å². The van der Waals surface area contributed by atoms with E-state index in [1.54, 1.807) is 12.1 Å². The fourth-order valence-electron chi connectivity index (χ4n) is 3.54. The molecule has 0 amide bonds. The minimum absolute atomic E-state index is 0.105. The summed E-state index contributed by atoms with van der Waals surface area (Å²) in [6.45, 7) is 6.03. The van der Waals surface area contributed by atoms with Crippen LogP contribution in [0, 0.1) is 17.8 Å². The monoisotopic (exact) mass is 309 g/mol. The van der Waals surface area contributed by atoms with Crippen molar-refractivity contribution < 1.29 is 18.0 Å². The molecular weight excluding hydrogens is 291 g/mol. The van der Waals surface area contributed by atoms with Crippen LogP contribution in [0.4, 0.5) is 13.2 Å². The van der Waals surface area contributed by atoms with E-state index in [0.717, 1.165) is 30.8 Å². The fourth-order valence-corrected chi connectivity index (χ4v) is 3.54. The highest BCUT2D eigenvalue weighted by atomic mass is 19.4. The summed E-state index contributed by atoms with van der Waals surface area (Å²) in [5, 5.41) is 0. The normalized spacial score (nSPS) is 27.5. The maximum Gasteiger partial charge on any atom is 0.416 e. The van der Waals surface area contributed by atoms with Gasteiger partial charge in [-0.3, -0.25) is 9.69 Å². The first-order valence-corrected chi connectivity index (χ1v) is 7.42. The minimum atomic E-state index is -4.28. The molecule has 118 valence electrons. The van der Waals surface area contributed by atoms with Crippen molar-refractivity contribution in [3.05, 3.63) is 48.0 Å². The summed E-state index contributed by atoms with van der Waals surface area (Å²) in [6, 6.07) is 5.37. The summed E-state index contributed by atoms with van der Waals surface area (Å²) >= 11 is 0. The molecule has 0 N–H and O–H groups in total. The van der Waals surface area contributed by atoms with Gasteiger partial charge >= 0.3 is 6.18 Å². The molecule has 5 heteroatoms. The number of halogens is 3. The van der Waals surface area contributed by atoms with E-state index in [4.69, 9.17) is 0 Å². The van der Waals surface area contributed by atoms with Gasteiger partial charge in [-0.2, -0.15) is 13.2 Å². The Morgan fingerprint density at radius 2 is 1.82 bits per heavy atom. The van der Waals surface area contributed by atoms with Crippen molar-refractivity contribution >= 4 is 5.78 Å². The maximum absolute atomic E-state index is 12.5. The van der Waals surface area contributed by atoms with Crippen LogP contribution in [0.2, 0.25) is 0 Å². The number of hydrogen-bond donors (Lipinski definition) is 0. The highest BCUT2D eigenvalue weighted by Gasteiger charge is 2.55. The first kappa shape index (κ1) is 15.3. The Morgan fingerprint density at radius 1 is 1.23 bits per heavy atom. The van der Waals surface area contributed by atoms with Crippen molar-refractivity contribution in [2.75, 3.05) is 13.1 Å². The number of alkyl halides is 3. The third-order valence-electron chi connectivity index (χ3n) is 4.80. The third kappa shape index (κ3) is 3.09. The molecule has 22 heavy (non-hydrogen) atoms. The molecule has 1 aromatic rings. The lowest BCUT2D eigenvalue weighted by Gasteiger charge is -2.19. The predicted molar refractivity (Wildman–Crippen MR) is 77.0 cm³/mol. The third-order valence-corrected chi connectivity index (χ3v) is 4.80. The molecular formula is C17H18F3NO. The van der Waals surface area contributed by atoms with Gasteiger partial charge in [0.2, 0.25) is 0 Å². The Morgan fingerprint density at radius 3 is 2.32 bits per heavy atom. The lowest BCUT2D eigenvalue weighted by atomic mass is 10.1. The van der Waals surface area contributed by atoms with Crippen molar-refractivity contribution in [1.82, 2.24) is 4.90 Å². The van der Waals surface area contributed by atoms with E-state index in [-0.39, 0.29) is 5.78 Å². The SMILES string of the molecule is C=CC(=O)CC1C2CN(Cc3ccc(C(F)(F)F)cc3)CC12. The molecule has 1 saturated heterocycles. The van der Waals surface area contributed by atoms with Crippen molar-refractivity contribution in [2.24, 2.45) is 17.8 Å². The number of allylic oxidation sites excluding steroid dienone is 1. The van der Waals surface area contributed by atoms with Crippen molar-refractivity contribution in [1.29, 1.82) is 0 Å². The van der Waals surface area contributed by atoms with Gasteiger partial charge in [0.05, 0.1) is 5.56 Å². The molecule has 3 rings (SSSR count). The molecule has 2 unspecified atom stereocenters. The Labute approximate surface area is 127 Å². The number of carbonyl (C=O) groups is 1. The van der Waals surface area contributed by atoms with Crippen molar-refractivity contribution in [2.45, 2.75) is 19.1 Å². The van der Waals surface area contributed by atoms with Crippen LogP contribution in [0.1, 0.15) is 17.5 Å². The number of fused-ring (bicyclic) bond motifs is 1. The van der Waals surface area contributed by atoms with E-state index in [0.29, 0.717) is 30.7 Å². The highest BCUT2D eigenvalue weighted by Crippen LogP contribution is 2.53. The molecule has 1 heterocycles. The van der Waals surface area contributed by atoms with Gasteiger partial charge in [-0.05, 0) is 41.5 Å². The Bertz CT molecular complexity index is 567. The quantitative estimate of drug-likeness (QED) is 0.776. The molecule has 1 aliphatic heterocycles. The van der Waals surface area contributed by atoms with Gasteiger partial charge in [-0.1, -0.05) is 18.7 Å². The average molecular weight is 309 g/mol. The van der Waals surface area contributed by atoms with Crippen LogP contribution in [-0.2, 0) is 17.5 Å². The molecule has 0 radical (unpaired) electrons. The van der Waals surface area contributed by atoms with E-state index in [1.807, 2.05) is 0 Å². The van der Waals surface area contributed by atoms with E-state index in [1.165, 1.54) is 6.08 Å². The van der Waals surface area contributed by atoms with Gasteiger partial charge in [0.15, 0.2) is 5.78 Å². The number of hydrogen-bond acceptors (Lipinski definition) is 2. The number of rotatable bonds is 5. The van der Waals surface area contributed by atoms with Crippen molar-refractivity contribution in [3.63, 3.8) is 0 Å². The maximum atomic E-state index is 12.5. The van der Waals surface area contributed by atoms with Crippen LogP contribution in [0.15, 0.2) is 36.9 Å². The van der Waals surface area contributed by atoms with E-state index in [2.05, 4.69) is 11.5 Å². The summed E-state index contributed by atoms with van der Waals surface area (Å²) in [4.78, 5) is 13.6. The lowest BCUT2D eigenvalue weighted by Crippen LogP contribution is -2.24. The molecule has 1 aromatic carbocycles. The lowest BCUT2D eigenvalue weighted by molar-refractivity contribution is -0.137. The minimum Gasteiger partial charge on any atom is -0.298 e. The zero-order valence-electron chi connectivity index (χ0n) is 12.1. The molecule has 0 spiro atoms. The number of piperidine rings is 1. The second kappa shape index (κ2) is 5.54. The Hall–Kier alpha value is -1.62. The van der Waals surface area contributed by atoms with Gasteiger partial charge < -0.3 is 0 Å². The molecule has 2 aliphatic rings. The summed E-state index contributed by atoms with van der Waals surface area (Å²) in [7, 11) is 0. The molecule has 1 aliphatic carbocycles. The molecule has 2 nitrogen and oxygen atoms in total.